The maximum absolute atomic E-state index is 12.5. The van der Waals surface area contributed by atoms with Gasteiger partial charge in [-0.25, -0.2) is 4.79 Å². The minimum atomic E-state index is -0.648. The third-order valence-corrected chi connectivity index (χ3v) is 4.01. The van der Waals surface area contributed by atoms with E-state index in [2.05, 4.69) is 10.6 Å². The molecule has 1 aliphatic heterocycles. The van der Waals surface area contributed by atoms with Gasteiger partial charge in [0.15, 0.2) is 0 Å². The van der Waals surface area contributed by atoms with Crippen LogP contribution in [0.2, 0.25) is 0 Å². The van der Waals surface area contributed by atoms with Crippen molar-refractivity contribution in [1.29, 1.82) is 5.41 Å². The Morgan fingerprint density at radius 1 is 1.32 bits per heavy atom. The number of carbonyl (C=O) groups is 3. The molecule has 1 heterocycles. The van der Waals surface area contributed by atoms with Crippen LogP contribution in [-0.4, -0.2) is 54.7 Å². The molecule has 1 saturated heterocycles. The fraction of sp³-hybridized carbons (Fsp3) is 0.412. The summed E-state index contributed by atoms with van der Waals surface area (Å²) in [5.41, 5.74) is 2.87. The van der Waals surface area contributed by atoms with Crippen LogP contribution < -0.4 is 21.0 Å². The van der Waals surface area contributed by atoms with Gasteiger partial charge in [-0.05, 0) is 37.6 Å². The first kappa shape index (κ1) is 23.2. The van der Waals surface area contributed by atoms with Crippen molar-refractivity contribution in [3.8, 4) is 0 Å². The maximum atomic E-state index is 12.5. The number of ether oxygens (including phenoxy) is 1. The Labute approximate surface area is 168 Å². The van der Waals surface area contributed by atoms with Gasteiger partial charge in [-0.15, -0.1) is 12.4 Å². The molecular weight excluding hydrogens is 390 g/mol. The van der Waals surface area contributed by atoms with Crippen molar-refractivity contribution in [3.63, 3.8) is 0 Å². The molecule has 1 fully saturated rings. The Morgan fingerprint density at radius 2 is 2.00 bits per heavy atom. The number of amidine groups is 1. The van der Waals surface area contributed by atoms with E-state index in [0.29, 0.717) is 24.2 Å². The van der Waals surface area contributed by atoms with Crippen LogP contribution >= 0.6 is 12.4 Å². The first-order valence-corrected chi connectivity index (χ1v) is 8.56. The third kappa shape index (κ3) is 6.10. The van der Waals surface area contributed by atoms with E-state index in [9.17, 15) is 14.4 Å². The SMILES string of the molecule is CCOC(=O)CCNC(=O)N[C@H]1CCN(c2ccc(C(=N)NO)cc2)C1=O.Cl. The molecule has 0 saturated carbocycles. The molecule has 3 amide bonds. The summed E-state index contributed by atoms with van der Waals surface area (Å²) in [5, 5.41) is 21.4. The fourth-order valence-corrected chi connectivity index (χ4v) is 2.66. The summed E-state index contributed by atoms with van der Waals surface area (Å²) >= 11 is 0. The molecule has 0 aliphatic carbocycles. The fourth-order valence-electron chi connectivity index (χ4n) is 2.66. The molecule has 1 aromatic carbocycles. The Morgan fingerprint density at radius 3 is 2.61 bits per heavy atom. The number of rotatable bonds is 7. The Bertz CT molecular complexity index is 712. The molecular formula is C17H24ClN5O5. The maximum Gasteiger partial charge on any atom is 0.315 e. The van der Waals surface area contributed by atoms with E-state index in [0.717, 1.165) is 0 Å². The number of urea groups is 1. The smallest absolute Gasteiger partial charge is 0.315 e. The van der Waals surface area contributed by atoms with Crippen molar-refractivity contribution in [2.45, 2.75) is 25.8 Å². The highest BCUT2D eigenvalue weighted by Gasteiger charge is 2.33. The number of esters is 1. The van der Waals surface area contributed by atoms with Crippen LogP contribution in [0, 0.1) is 5.41 Å². The summed E-state index contributed by atoms with van der Waals surface area (Å²) in [6, 6.07) is 5.39. The van der Waals surface area contributed by atoms with Crippen LogP contribution in [0.3, 0.4) is 0 Å². The second-order valence-corrected chi connectivity index (χ2v) is 5.82. The lowest BCUT2D eigenvalue weighted by atomic mass is 10.2. The average molecular weight is 414 g/mol. The second kappa shape index (κ2) is 11.1. The second-order valence-electron chi connectivity index (χ2n) is 5.82. The molecule has 154 valence electrons. The van der Waals surface area contributed by atoms with Gasteiger partial charge in [-0.1, -0.05) is 0 Å². The summed E-state index contributed by atoms with van der Waals surface area (Å²) in [6.45, 7) is 2.57. The van der Waals surface area contributed by atoms with Gasteiger partial charge in [-0.3, -0.25) is 25.7 Å². The van der Waals surface area contributed by atoms with Gasteiger partial charge in [0.05, 0.1) is 13.0 Å². The number of hydrogen-bond acceptors (Lipinski definition) is 6. The molecule has 1 aromatic rings. The summed E-state index contributed by atoms with van der Waals surface area (Å²) in [5.74, 6) is -0.777. The molecule has 28 heavy (non-hydrogen) atoms. The Balaban J connectivity index is 0.00000392. The van der Waals surface area contributed by atoms with Gasteiger partial charge >= 0.3 is 12.0 Å². The lowest BCUT2D eigenvalue weighted by molar-refractivity contribution is -0.142. The molecule has 0 bridgehead atoms. The summed E-state index contributed by atoms with van der Waals surface area (Å²) < 4.78 is 4.77. The van der Waals surface area contributed by atoms with Crippen molar-refractivity contribution in [3.05, 3.63) is 29.8 Å². The van der Waals surface area contributed by atoms with E-state index in [-0.39, 0.29) is 43.7 Å². The van der Waals surface area contributed by atoms with Crippen LogP contribution in [0.5, 0.6) is 0 Å². The molecule has 2 rings (SSSR count). The summed E-state index contributed by atoms with van der Waals surface area (Å²) in [6.07, 6.45) is 0.524. The number of nitrogens with zero attached hydrogens (tertiary/aromatic N) is 1. The lowest BCUT2D eigenvalue weighted by Gasteiger charge is -2.18. The van der Waals surface area contributed by atoms with Crippen LogP contribution in [0.1, 0.15) is 25.3 Å². The molecule has 0 unspecified atom stereocenters. The molecule has 0 spiro atoms. The number of hydrogen-bond donors (Lipinski definition) is 5. The molecule has 10 nitrogen and oxygen atoms in total. The van der Waals surface area contributed by atoms with Gasteiger partial charge in [0.2, 0.25) is 5.91 Å². The predicted octanol–water partition coefficient (Wildman–Crippen LogP) is 0.770. The number of hydroxylamine groups is 1. The molecule has 0 aromatic heterocycles. The third-order valence-electron chi connectivity index (χ3n) is 4.01. The Kier molecular flexibility index (Phi) is 9.19. The number of nitrogens with one attached hydrogen (secondary N) is 4. The van der Waals surface area contributed by atoms with Crippen LogP contribution in [0.4, 0.5) is 10.5 Å². The van der Waals surface area contributed by atoms with Crippen molar-refractivity contribution in [2.75, 3.05) is 24.6 Å². The van der Waals surface area contributed by atoms with E-state index in [4.69, 9.17) is 15.4 Å². The van der Waals surface area contributed by atoms with Crippen molar-refractivity contribution < 1.29 is 24.3 Å². The van der Waals surface area contributed by atoms with Crippen LogP contribution in [-0.2, 0) is 14.3 Å². The number of amides is 3. The van der Waals surface area contributed by atoms with E-state index >= 15 is 0 Å². The van der Waals surface area contributed by atoms with Gasteiger partial charge in [0, 0.05) is 24.3 Å². The zero-order valence-corrected chi connectivity index (χ0v) is 16.2. The molecule has 1 atom stereocenters. The molecule has 1 aliphatic rings. The van der Waals surface area contributed by atoms with E-state index < -0.39 is 18.0 Å². The minimum Gasteiger partial charge on any atom is -0.466 e. The Hall–Kier alpha value is -2.85. The topological polar surface area (TPSA) is 144 Å². The van der Waals surface area contributed by atoms with Crippen LogP contribution in [0.25, 0.3) is 0 Å². The van der Waals surface area contributed by atoms with Crippen molar-refractivity contribution in [1.82, 2.24) is 16.1 Å². The standard InChI is InChI=1S/C17H23N5O5.ClH/c1-2-27-14(23)7-9-19-17(25)20-13-8-10-22(16(13)24)12-5-3-11(4-6-12)15(18)21-26;/h3-6,13,26H,2,7-10H2,1H3,(H2,18,21)(H2,19,20,25);1H/t13-;/m0./s1. The van der Waals surface area contributed by atoms with E-state index in [1.54, 1.807) is 41.6 Å². The lowest BCUT2D eigenvalue weighted by Crippen LogP contribution is -2.46. The zero-order valence-electron chi connectivity index (χ0n) is 15.4. The highest BCUT2D eigenvalue weighted by atomic mass is 35.5. The first-order valence-electron chi connectivity index (χ1n) is 8.56. The van der Waals surface area contributed by atoms with Gasteiger partial charge < -0.3 is 20.3 Å². The highest BCUT2D eigenvalue weighted by Crippen LogP contribution is 2.22. The number of anilines is 1. The van der Waals surface area contributed by atoms with E-state index in [1.807, 2.05) is 0 Å². The first-order chi connectivity index (χ1) is 13.0. The van der Waals surface area contributed by atoms with Crippen molar-refractivity contribution in [2.24, 2.45) is 0 Å². The van der Waals surface area contributed by atoms with Gasteiger partial charge in [0.1, 0.15) is 11.9 Å². The quantitative estimate of drug-likeness (QED) is 0.193. The number of halogens is 1. The molecule has 0 radical (unpaired) electrons. The highest BCUT2D eigenvalue weighted by molar-refractivity contribution is 6.02. The summed E-state index contributed by atoms with van der Waals surface area (Å²) in [4.78, 5) is 37.1. The monoisotopic (exact) mass is 413 g/mol. The van der Waals surface area contributed by atoms with Gasteiger partial charge in [-0.2, -0.15) is 0 Å². The predicted molar refractivity (Wildman–Crippen MR) is 104 cm³/mol. The molecule has 5 N–H and O–H groups in total. The number of benzene rings is 1. The largest absolute Gasteiger partial charge is 0.466 e. The minimum absolute atomic E-state index is 0. The van der Waals surface area contributed by atoms with Gasteiger partial charge in [0.25, 0.3) is 0 Å². The zero-order chi connectivity index (χ0) is 19.8. The number of carbonyl (C=O) groups excluding carboxylic acids is 3. The summed E-state index contributed by atoms with van der Waals surface area (Å²) in [7, 11) is 0. The van der Waals surface area contributed by atoms with Crippen LogP contribution in [0.15, 0.2) is 24.3 Å². The molecule has 11 heteroatoms. The normalized spacial score (nSPS) is 15.4. The van der Waals surface area contributed by atoms with E-state index in [1.165, 1.54) is 0 Å². The average Bonchev–Trinajstić information content (AvgIpc) is 3.02. The van der Waals surface area contributed by atoms with Crippen molar-refractivity contribution >= 4 is 41.8 Å².